The molecular weight excluding hydrogens is 328 g/mol. The standard InChI is InChI=1S/C20H20N4O2/c1-15(24(2)13-16-8-4-3-5-9-16)20-23-22-19(26-20)14-25-18-11-7-6-10-17(18)12-21/h3-11,15H,13-14H2,1-2H3/t15-/m1/s1. The molecule has 0 saturated carbocycles. The molecule has 0 radical (unpaired) electrons. The van der Waals surface area contributed by atoms with Crippen LogP contribution in [0.4, 0.5) is 0 Å². The minimum atomic E-state index is -0.0251. The predicted molar refractivity (Wildman–Crippen MR) is 96.1 cm³/mol. The average molecular weight is 348 g/mol. The lowest BCUT2D eigenvalue weighted by Crippen LogP contribution is -2.22. The molecule has 132 valence electrons. The number of nitrogens with zero attached hydrogens (tertiary/aromatic N) is 4. The Morgan fingerprint density at radius 1 is 1.12 bits per heavy atom. The predicted octanol–water partition coefficient (Wildman–Crippen LogP) is 3.71. The van der Waals surface area contributed by atoms with Gasteiger partial charge in [-0.15, -0.1) is 10.2 Å². The van der Waals surface area contributed by atoms with Gasteiger partial charge in [-0.1, -0.05) is 42.5 Å². The van der Waals surface area contributed by atoms with E-state index in [9.17, 15) is 0 Å². The zero-order chi connectivity index (χ0) is 18.4. The van der Waals surface area contributed by atoms with Crippen LogP contribution in [-0.4, -0.2) is 22.1 Å². The van der Waals surface area contributed by atoms with Gasteiger partial charge in [0.1, 0.15) is 11.8 Å². The fourth-order valence-corrected chi connectivity index (χ4v) is 2.51. The maximum atomic E-state index is 9.09. The summed E-state index contributed by atoms with van der Waals surface area (Å²) >= 11 is 0. The van der Waals surface area contributed by atoms with Gasteiger partial charge in [-0.05, 0) is 31.7 Å². The number of rotatable bonds is 7. The molecule has 3 aromatic rings. The smallest absolute Gasteiger partial charge is 0.253 e. The summed E-state index contributed by atoms with van der Waals surface area (Å²) in [5, 5.41) is 17.3. The first-order chi connectivity index (χ1) is 12.7. The quantitative estimate of drug-likeness (QED) is 0.648. The maximum Gasteiger partial charge on any atom is 0.253 e. The monoisotopic (exact) mass is 348 g/mol. The molecule has 0 bridgehead atoms. The lowest BCUT2D eigenvalue weighted by molar-refractivity contribution is 0.203. The van der Waals surface area contributed by atoms with Crippen LogP contribution < -0.4 is 4.74 Å². The molecule has 0 aliphatic heterocycles. The van der Waals surface area contributed by atoms with Gasteiger partial charge in [-0.25, -0.2) is 0 Å². The Bertz CT molecular complexity index is 886. The Balaban J connectivity index is 1.61. The number of benzene rings is 2. The van der Waals surface area contributed by atoms with E-state index >= 15 is 0 Å². The first kappa shape index (κ1) is 17.6. The van der Waals surface area contributed by atoms with Crippen molar-refractivity contribution in [1.29, 1.82) is 5.26 Å². The Kier molecular flexibility index (Phi) is 5.62. The molecule has 2 aromatic carbocycles. The molecule has 0 amide bonds. The van der Waals surface area contributed by atoms with Gasteiger partial charge in [0.2, 0.25) is 5.89 Å². The van der Waals surface area contributed by atoms with E-state index < -0.39 is 0 Å². The van der Waals surface area contributed by atoms with Crippen LogP contribution in [0, 0.1) is 11.3 Å². The van der Waals surface area contributed by atoms with Gasteiger partial charge in [0.05, 0.1) is 11.6 Å². The number of ether oxygens (including phenoxy) is 1. The summed E-state index contributed by atoms with van der Waals surface area (Å²) in [5.41, 5.74) is 1.70. The van der Waals surface area contributed by atoms with Crippen molar-refractivity contribution in [2.24, 2.45) is 0 Å². The van der Waals surface area contributed by atoms with Crippen molar-refractivity contribution in [2.45, 2.75) is 26.1 Å². The van der Waals surface area contributed by atoms with Crippen LogP contribution in [0.5, 0.6) is 5.75 Å². The molecular formula is C20H20N4O2. The molecule has 6 nitrogen and oxygen atoms in total. The highest BCUT2D eigenvalue weighted by atomic mass is 16.5. The number of hydrogen-bond acceptors (Lipinski definition) is 6. The van der Waals surface area contributed by atoms with Crippen LogP contribution in [0.3, 0.4) is 0 Å². The summed E-state index contributed by atoms with van der Waals surface area (Å²) in [6.45, 7) is 2.93. The van der Waals surface area contributed by atoms with Crippen molar-refractivity contribution < 1.29 is 9.15 Å². The van der Waals surface area contributed by atoms with Gasteiger partial charge >= 0.3 is 0 Å². The van der Waals surface area contributed by atoms with E-state index in [1.807, 2.05) is 38.2 Å². The molecule has 0 unspecified atom stereocenters. The molecule has 0 spiro atoms. The Hall–Kier alpha value is -3.17. The highest BCUT2D eigenvalue weighted by Gasteiger charge is 2.19. The minimum Gasteiger partial charge on any atom is -0.482 e. The Morgan fingerprint density at radius 3 is 2.62 bits per heavy atom. The van der Waals surface area contributed by atoms with Crippen LogP contribution in [0.25, 0.3) is 0 Å². The number of aromatic nitrogens is 2. The SMILES string of the molecule is C[C@H](c1nnc(COc2ccccc2C#N)o1)N(C)Cc1ccccc1. The van der Waals surface area contributed by atoms with E-state index in [1.54, 1.807) is 18.2 Å². The van der Waals surface area contributed by atoms with Crippen LogP contribution >= 0.6 is 0 Å². The molecule has 1 atom stereocenters. The van der Waals surface area contributed by atoms with Gasteiger partial charge in [0, 0.05) is 6.54 Å². The van der Waals surface area contributed by atoms with Crippen LogP contribution in [0.15, 0.2) is 59.0 Å². The van der Waals surface area contributed by atoms with E-state index in [1.165, 1.54) is 5.56 Å². The first-order valence-corrected chi connectivity index (χ1v) is 8.35. The summed E-state index contributed by atoms with van der Waals surface area (Å²) in [7, 11) is 2.02. The van der Waals surface area contributed by atoms with Crippen LogP contribution in [-0.2, 0) is 13.2 Å². The van der Waals surface area contributed by atoms with Gasteiger partial charge in [0.15, 0.2) is 6.61 Å². The van der Waals surface area contributed by atoms with Gasteiger partial charge in [-0.2, -0.15) is 5.26 Å². The fourth-order valence-electron chi connectivity index (χ4n) is 2.51. The normalized spacial score (nSPS) is 11.9. The zero-order valence-corrected chi connectivity index (χ0v) is 14.8. The van der Waals surface area contributed by atoms with Crippen molar-refractivity contribution >= 4 is 0 Å². The molecule has 0 aliphatic rings. The first-order valence-electron chi connectivity index (χ1n) is 8.35. The summed E-state index contributed by atoms with van der Waals surface area (Å²) in [5.74, 6) is 1.42. The summed E-state index contributed by atoms with van der Waals surface area (Å²) in [6, 6.07) is 19.3. The third-order valence-electron chi connectivity index (χ3n) is 4.13. The third-order valence-corrected chi connectivity index (χ3v) is 4.13. The van der Waals surface area contributed by atoms with E-state index in [2.05, 4.69) is 33.3 Å². The minimum absolute atomic E-state index is 0.0251. The Morgan fingerprint density at radius 2 is 1.85 bits per heavy atom. The van der Waals surface area contributed by atoms with Crippen LogP contribution in [0.2, 0.25) is 0 Å². The van der Waals surface area contributed by atoms with Crippen molar-refractivity contribution in [3.05, 3.63) is 77.5 Å². The molecule has 0 aliphatic carbocycles. The number of para-hydroxylation sites is 1. The van der Waals surface area contributed by atoms with Crippen molar-refractivity contribution in [3.63, 3.8) is 0 Å². The van der Waals surface area contributed by atoms with Crippen molar-refractivity contribution in [3.8, 4) is 11.8 Å². The topological polar surface area (TPSA) is 75.2 Å². The average Bonchev–Trinajstić information content (AvgIpc) is 3.15. The number of hydrogen-bond donors (Lipinski definition) is 0. The highest BCUT2D eigenvalue weighted by Crippen LogP contribution is 2.21. The molecule has 0 saturated heterocycles. The molecule has 1 heterocycles. The Labute approximate surface area is 152 Å². The molecule has 6 heteroatoms. The van der Waals surface area contributed by atoms with E-state index in [0.717, 1.165) is 6.54 Å². The van der Waals surface area contributed by atoms with E-state index in [4.69, 9.17) is 14.4 Å². The van der Waals surface area contributed by atoms with Gasteiger partial charge < -0.3 is 9.15 Å². The molecule has 26 heavy (non-hydrogen) atoms. The van der Waals surface area contributed by atoms with E-state index in [0.29, 0.717) is 23.1 Å². The molecule has 0 fully saturated rings. The lowest BCUT2D eigenvalue weighted by atomic mass is 10.2. The fraction of sp³-hybridized carbons (Fsp3) is 0.250. The lowest BCUT2D eigenvalue weighted by Gasteiger charge is -2.21. The molecule has 0 N–H and O–H groups in total. The van der Waals surface area contributed by atoms with Crippen molar-refractivity contribution in [1.82, 2.24) is 15.1 Å². The summed E-state index contributed by atoms with van der Waals surface area (Å²) in [6.07, 6.45) is 0. The van der Waals surface area contributed by atoms with E-state index in [-0.39, 0.29) is 12.6 Å². The molecule has 3 rings (SSSR count). The second-order valence-electron chi connectivity index (χ2n) is 6.01. The summed E-state index contributed by atoms with van der Waals surface area (Å²) in [4.78, 5) is 2.14. The largest absolute Gasteiger partial charge is 0.482 e. The van der Waals surface area contributed by atoms with Gasteiger partial charge in [-0.3, -0.25) is 4.90 Å². The van der Waals surface area contributed by atoms with Crippen molar-refractivity contribution in [2.75, 3.05) is 7.05 Å². The second-order valence-corrected chi connectivity index (χ2v) is 6.01. The number of nitriles is 1. The maximum absolute atomic E-state index is 9.09. The third kappa shape index (κ3) is 4.26. The van der Waals surface area contributed by atoms with Crippen LogP contribution in [0.1, 0.15) is 35.9 Å². The summed E-state index contributed by atoms with van der Waals surface area (Å²) < 4.78 is 11.4. The second kappa shape index (κ2) is 8.28. The zero-order valence-electron chi connectivity index (χ0n) is 14.8. The highest BCUT2D eigenvalue weighted by molar-refractivity contribution is 5.42. The van der Waals surface area contributed by atoms with Gasteiger partial charge in [0.25, 0.3) is 5.89 Å². The molecule has 1 aromatic heterocycles.